The first-order valence-electron chi connectivity index (χ1n) is 10.8. The molecule has 0 amide bonds. The Morgan fingerprint density at radius 2 is 1.79 bits per heavy atom. The summed E-state index contributed by atoms with van der Waals surface area (Å²) in [5.41, 5.74) is 3.15. The maximum absolute atomic E-state index is 5.73. The molecule has 5 rings (SSSR count). The molecule has 10 heteroatoms. The van der Waals surface area contributed by atoms with Crippen LogP contribution in [0.5, 0.6) is 17.2 Å². The van der Waals surface area contributed by atoms with Gasteiger partial charge in [-0.05, 0) is 24.1 Å². The van der Waals surface area contributed by atoms with Crippen LogP contribution in [0.2, 0.25) is 0 Å². The number of hydrogen-bond acceptors (Lipinski definition) is 10. The molecule has 0 bridgehead atoms. The van der Waals surface area contributed by atoms with Gasteiger partial charge >= 0.3 is 0 Å². The summed E-state index contributed by atoms with van der Waals surface area (Å²) in [6.45, 7) is 4.51. The molecule has 2 aliphatic rings. The second kappa shape index (κ2) is 10.0. The smallest absolute Gasteiger partial charge is 0.172 e. The minimum Gasteiger partial charge on any atom is -0.493 e. The summed E-state index contributed by atoms with van der Waals surface area (Å²) in [6, 6.07) is 9.89. The van der Waals surface area contributed by atoms with Gasteiger partial charge in [-0.25, -0.2) is 14.3 Å². The van der Waals surface area contributed by atoms with Crippen molar-refractivity contribution < 1.29 is 23.4 Å². The fraction of sp³-hybridized carbons (Fsp3) is 0.391. The van der Waals surface area contributed by atoms with Crippen molar-refractivity contribution in [3.8, 4) is 17.2 Å². The molecule has 0 atom stereocenters. The van der Waals surface area contributed by atoms with Gasteiger partial charge in [0.1, 0.15) is 24.4 Å². The summed E-state index contributed by atoms with van der Waals surface area (Å²) < 4.78 is 23.9. The third-order valence-electron chi connectivity index (χ3n) is 5.88. The van der Waals surface area contributed by atoms with Crippen molar-refractivity contribution in [2.24, 2.45) is 0 Å². The lowest BCUT2D eigenvalue weighted by molar-refractivity contribution is -0.0853. The lowest BCUT2D eigenvalue weighted by Gasteiger charge is -2.31. The van der Waals surface area contributed by atoms with E-state index in [9.17, 15) is 0 Å². The van der Waals surface area contributed by atoms with Crippen LogP contribution in [-0.4, -0.2) is 61.3 Å². The fourth-order valence-corrected chi connectivity index (χ4v) is 4.63. The molecular weight excluding hydrogens is 444 g/mol. The topological polar surface area (TPSA) is 78.4 Å². The number of benzene rings is 2. The number of hydrogen-bond donors (Lipinski definition) is 0. The Kier molecular flexibility index (Phi) is 6.68. The van der Waals surface area contributed by atoms with Crippen LogP contribution in [0.25, 0.3) is 10.9 Å². The van der Waals surface area contributed by atoms with Gasteiger partial charge in [-0.1, -0.05) is 16.5 Å². The molecule has 174 valence electrons. The van der Waals surface area contributed by atoms with Crippen molar-refractivity contribution in [1.82, 2.24) is 14.3 Å². The molecule has 0 radical (unpaired) electrons. The number of nitrogens with zero attached hydrogens (tertiary/aromatic N) is 4. The fourth-order valence-electron chi connectivity index (χ4n) is 4.15. The number of anilines is 1. The predicted octanol–water partition coefficient (Wildman–Crippen LogP) is 3.42. The molecule has 3 heterocycles. The van der Waals surface area contributed by atoms with Gasteiger partial charge in [0.2, 0.25) is 0 Å². The highest BCUT2D eigenvalue weighted by Gasteiger charge is 2.24. The third-order valence-corrected chi connectivity index (χ3v) is 6.58. The zero-order valence-corrected chi connectivity index (χ0v) is 19.5. The summed E-state index contributed by atoms with van der Waals surface area (Å²) >= 11 is 1.22. The first-order chi connectivity index (χ1) is 16.3. The zero-order valence-electron chi connectivity index (χ0n) is 18.7. The number of morpholine rings is 1. The van der Waals surface area contributed by atoms with Crippen molar-refractivity contribution in [3.05, 3.63) is 47.8 Å². The van der Waals surface area contributed by atoms with E-state index in [2.05, 4.69) is 25.2 Å². The maximum atomic E-state index is 5.73. The van der Waals surface area contributed by atoms with Crippen LogP contribution in [0, 0.1) is 0 Å². The van der Waals surface area contributed by atoms with Crippen LogP contribution in [-0.2, 0) is 22.0 Å². The maximum Gasteiger partial charge on any atom is 0.172 e. The molecule has 1 aromatic heterocycles. The van der Waals surface area contributed by atoms with Gasteiger partial charge in [0.25, 0.3) is 0 Å². The summed E-state index contributed by atoms with van der Waals surface area (Å²) in [4.78, 5) is 17.0. The third kappa shape index (κ3) is 4.65. The van der Waals surface area contributed by atoms with E-state index in [0.717, 1.165) is 54.1 Å². The van der Waals surface area contributed by atoms with E-state index in [0.29, 0.717) is 31.3 Å². The molecule has 1 fully saturated rings. The molecule has 9 nitrogen and oxygen atoms in total. The highest BCUT2D eigenvalue weighted by Crippen LogP contribution is 2.37. The summed E-state index contributed by atoms with van der Waals surface area (Å²) in [5, 5.41) is 0.913. The Morgan fingerprint density at radius 1 is 0.970 bits per heavy atom. The molecule has 0 N–H and O–H groups in total. The molecule has 0 unspecified atom stereocenters. The van der Waals surface area contributed by atoms with E-state index < -0.39 is 0 Å². The molecule has 3 aromatic rings. The second-order valence-corrected chi connectivity index (χ2v) is 8.56. The van der Waals surface area contributed by atoms with Crippen LogP contribution in [0.1, 0.15) is 11.1 Å². The van der Waals surface area contributed by atoms with Crippen molar-refractivity contribution in [2.75, 3.05) is 52.0 Å². The molecule has 2 aromatic carbocycles. The van der Waals surface area contributed by atoms with Gasteiger partial charge < -0.3 is 24.0 Å². The Labute approximate surface area is 196 Å². The van der Waals surface area contributed by atoms with E-state index in [-0.39, 0.29) is 0 Å². The van der Waals surface area contributed by atoms with Gasteiger partial charge in [-0.3, -0.25) is 0 Å². The van der Waals surface area contributed by atoms with Gasteiger partial charge in [0.05, 0.1) is 33.0 Å². The number of fused-ring (bicyclic) bond motifs is 2. The van der Waals surface area contributed by atoms with Gasteiger partial charge in [0, 0.05) is 43.2 Å². The van der Waals surface area contributed by atoms with Crippen LogP contribution < -0.4 is 19.3 Å². The average molecular weight is 471 g/mol. The van der Waals surface area contributed by atoms with Gasteiger partial charge in [0.15, 0.2) is 17.2 Å². The number of ether oxygens (including phenoxy) is 3. The van der Waals surface area contributed by atoms with E-state index in [1.54, 1.807) is 20.5 Å². The van der Waals surface area contributed by atoms with Crippen LogP contribution >= 0.6 is 12.2 Å². The standard InChI is InChI=1S/C23H26N4O5S/c1-28-21-12-17-19(13-22(21)29-2)24-15-25-23(17)26-7-6-16-4-3-5-20(18(16)14-26)31-32-33-27-8-10-30-11-9-27/h3-5,12-13,15H,6-11,14H2,1-2H3. The largest absolute Gasteiger partial charge is 0.493 e. The number of aromatic nitrogens is 2. The van der Waals surface area contributed by atoms with Crippen LogP contribution in [0.4, 0.5) is 5.82 Å². The van der Waals surface area contributed by atoms with Crippen molar-refractivity contribution >= 4 is 28.9 Å². The van der Waals surface area contributed by atoms with Gasteiger partial charge in [-0.2, -0.15) is 0 Å². The number of methoxy groups -OCH3 is 2. The predicted molar refractivity (Wildman–Crippen MR) is 126 cm³/mol. The van der Waals surface area contributed by atoms with Crippen LogP contribution in [0.3, 0.4) is 0 Å². The van der Waals surface area contributed by atoms with Crippen molar-refractivity contribution in [3.63, 3.8) is 0 Å². The van der Waals surface area contributed by atoms with E-state index >= 15 is 0 Å². The quantitative estimate of drug-likeness (QED) is 0.222. The Hall–Kier alpha value is -2.79. The molecule has 0 aliphatic carbocycles. The minimum atomic E-state index is 0.643. The van der Waals surface area contributed by atoms with Crippen LogP contribution in [0.15, 0.2) is 36.7 Å². The SMILES string of the molecule is COc1cc2ncnc(N3CCc4cccc(OOSN5CCOCC5)c4C3)c2cc1OC. The van der Waals surface area contributed by atoms with E-state index in [1.807, 2.05) is 24.3 Å². The molecule has 2 aliphatic heterocycles. The van der Waals surface area contributed by atoms with Crippen molar-refractivity contribution in [1.29, 1.82) is 0 Å². The monoisotopic (exact) mass is 470 g/mol. The Morgan fingerprint density at radius 3 is 2.61 bits per heavy atom. The molecule has 1 saturated heterocycles. The van der Waals surface area contributed by atoms with Crippen molar-refractivity contribution in [2.45, 2.75) is 13.0 Å². The average Bonchev–Trinajstić information content (AvgIpc) is 2.88. The first kappa shape index (κ1) is 22.0. The minimum absolute atomic E-state index is 0.643. The molecular formula is C23H26N4O5S. The normalized spacial score (nSPS) is 16.5. The van der Waals surface area contributed by atoms with E-state index in [4.69, 9.17) is 23.4 Å². The van der Waals surface area contributed by atoms with E-state index in [1.165, 1.54) is 17.8 Å². The first-order valence-corrected chi connectivity index (χ1v) is 11.5. The summed E-state index contributed by atoms with van der Waals surface area (Å²) in [6.07, 6.45) is 2.46. The lowest BCUT2D eigenvalue weighted by Crippen LogP contribution is -2.32. The zero-order chi connectivity index (χ0) is 22.6. The molecule has 0 saturated carbocycles. The summed E-state index contributed by atoms with van der Waals surface area (Å²) in [5.74, 6) is 2.86. The highest BCUT2D eigenvalue weighted by molar-refractivity contribution is 7.92. The summed E-state index contributed by atoms with van der Waals surface area (Å²) in [7, 11) is 3.25. The Balaban J connectivity index is 1.38. The highest BCUT2D eigenvalue weighted by atomic mass is 32.2. The van der Waals surface area contributed by atoms with Gasteiger partial charge in [-0.15, -0.1) is 0 Å². The second-order valence-electron chi connectivity index (χ2n) is 7.75. The Bertz CT molecular complexity index is 1130. The molecule has 0 spiro atoms. The lowest BCUT2D eigenvalue weighted by atomic mass is 9.98. The molecule has 33 heavy (non-hydrogen) atoms. The number of rotatable bonds is 7.